The first-order valence-electron chi connectivity index (χ1n) is 6.18. The minimum absolute atomic E-state index is 0.0442. The van der Waals surface area contributed by atoms with Crippen LogP contribution in [0, 0.1) is 5.82 Å². The molecule has 1 aliphatic carbocycles. The largest absolute Gasteiger partial charge is 0.480 e. The van der Waals surface area contributed by atoms with Gasteiger partial charge in [-0.3, -0.25) is 4.79 Å². The molecule has 4 heteroatoms. The Morgan fingerprint density at radius 1 is 1.33 bits per heavy atom. The summed E-state index contributed by atoms with van der Waals surface area (Å²) in [5.41, 5.74) is 3.05. The van der Waals surface area contributed by atoms with Gasteiger partial charge in [0.05, 0.1) is 0 Å². The standard InChI is InChI=1S/C14H14FNO2/c15-9-5-6-13-11(7-9)10-3-1-2-4-12(10)16(13)8-14(17)18/h5-7H,1-4,8H2,(H,17,18). The molecule has 18 heavy (non-hydrogen) atoms. The van der Waals surface area contributed by atoms with E-state index in [0.29, 0.717) is 0 Å². The van der Waals surface area contributed by atoms with Gasteiger partial charge in [-0.05, 0) is 49.4 Å². The molecule has 94 valence electrons. The summed E-state index contributed by atoms with van der Waals surface area (Å²) in [6.45, 7) is -0.0442. The number of aryl methyl sites for hydroxylation is 1. The van der Waals surface area contributed by atoms with E-state index in [2.05, 4.69) is 0 Å². The highest BCUT2D eigenvalue weighted by molar-refractivity contribution is 5.87. The van der Waals surface area contributed by atoms with Crippen LogP contribution in [0.15, 0.2) is 18.2 Å². The van der Waals surface area contributed by atoms with Gasteiger partial charge in [0.25, 0.3) is 0 Å². The van der Waals surface area contributed by atoms with Crippen molar-refractivity contribution in [3.63, 3.8) is 0 Å². The Kier molecular flexibility index (Phi) is 2.58. The lowest BCUT2D eigenvalue weighted by atomic mass is 9.95. The molecule has 3 nitrogen and oxygen atoms in total. The molecule has 0 aliphatic heterocycles. The second-order valence-corrected chi connectivity index (χ2v) is 4.77. The number of carboxylic acids is 1. The number of hydrogen-bond donors (Lipinski definition) is 1. The molecule has 1 aromatic carbocycles. The molecular weight excluding hydrogens is 233 g/mol. The quantitative estimate of drug-likeness (QED) is 0.886. The number of rotatable bonds is 2. The van der Waals surface area contributed by atoms with E-state index >= 15 is 0 Å². The predicted octanol–water partition coefficient (Wildman–Crippen LogP) is 2.74. The second kappa shape index (κ2) is 4.12. The summed E-state index contributed by atoms with van der Waals surface area (Å²) < 4.78 is 15.2. The van der Waals surface area contributed by atoms with E-state index in [1.807, 2.05) is 4.57 Å². The third-order valence-electron chi connectivity index (χ3n) is 3.63. The zero-order chi connectivity index (χ0) is 12.7. The lowest BCUT2D eigenvalue weighted by Crippen LogP contribution is -2.13. The Bertz CT molecular complexity index is 630. The van der Waals surface area contributed by atoms with Gasteiger partial charge >= 0.3 is 5.97 Å². The minimum Gasteiger partial charge on any atom is -0.480 e. The number of aromatic nitrogens is 1. The van der Waals surface area contributed by atoms with Crippen molar-refractivity contribution in [2.24, 2.45) is 0 Å². The SMILES string of the molecule is O=C(O)Cn1c2c(c3cc(F)ccc31)CCCC2. The van der Waals surface area contributed by atoms with Crippen molar-refractivity contribution in [2.45, 2.75) is 32.2 Å². The number of carbonyl (C=O) groups is 1. The van der Waals surface area contributed by atoms with Crippen LogP contribution in [0.2, 0.25) is 0 Å². The molecule has 0 spiro atoms. The number of fused-ring (bicyclic) bond motifs is 3. The lowest BCUT2D eigenvalue weighted by Gasteiger charge is -2.14. The second-order valence-electron chi connectivity index (χ2n) is 4.77. The molecule has 1 aromatic heterocycles. The average molecular weight is 247 g/mol. The molecule has 2 aromatic rings. The van der Waals surface area contributed by atoms with Crippen molar-refractivity contribution in [3.05, 3.63) is 35.3 Å². The van der Waals surface area contributed by atoms with E-state index in [0.717, 1.165) is 47.8 Å². The highest BCUT2D eigenvalue weighted by atomic mass is 19.1. The van der Waals surface area contributed by atoms with E-state index in [4.69, 9.17) is 5.11 Å². The Morgan fingerprint density at radius 2 is 2.11 bits per heavy atom. The van der Waals surface area contributed by atoms with E-state index in [1.165, 1.54) is 12.1 Å². The maximum Gasteiger partial charge on any atom is 0.323 e. The van der Waals surface area contributed by atoms with Crippen LogP contribution >= 0.6 is 0 Å². The molecule has 0 radical (unpaired) electrons. The van der Waals surface area contributed by atoms with Gasteiger partial charge in [0, 0.05) is 16.6 Å². The zero-order valence-corrected chi connectivity index (χ0v) is 9.95. The van der Waals surface area contributed by atoms with Crippen LogP contribution in [-0.4, -0.2) is 15.6 Å². The summed E-state index contributed by atoms with van der Waals surface area (Å²) >= 11 is 0. The Labute approximate surface area is 104 Å². The molecule has 0 saturated heterocycles. The number of hydrogen-bond acceptors (Lipinski definition) is 1. The summed E-state index contributed by atoms with van der Waals surface area (Å²) in [4.78, 5) is 11.0. The van der Waals surface area contributed by atoms with Crippen molar-refractivity contribution < 1.29 is 14.3 Å². The fraction of sp³-hybridized carbons (Fsp3) is 0.357. The van der Waals surface area contributed by atoms with Crippen LogP contribution in [0.1, 0.15) is 24.1 Å². The van der Waals surface area contributed by atoms with Crippen molar-refractivity contribution in [1.29, 1.82) is 0 Å². The molecule has 0 saturated carbocycles. The van der Waals surface area contributed by atoms with Crippen molar-refractivity contribution in [1.82, 2.24) is 4.57 Å². The van der Waals surface area contributed by atoms with Crippen molar-refractivity contribution in [3.8, 4) is 0 Å². The molecule has 1 aliphatic rings. The zero-order valence-electron chi connectivity index (χ0n) is 9.95. The Balaban J connectivity index is 2.28. The first kappa shape index (κ1) is 11.3. The normalized spacial score (nSPS) is 14.7. The van der Waals surface area contributed by atoms with Crippen LogP contribution < -0.4 is 0 Å². The lowest BCUT2D eigenvalue weighted by molar-refractivity contribution is -0.137. The molecule has 0 fully saturated rings. The summed E-state index contributed by atoms with van der Waals surface area (Å²) in [5, 5.41) is 9.89. The third kappa shape index (κ3) is 1.68. The first-order chi connectivity index (χ1) is 8.66. The van der Waals surface area contributed by atoms with Gasteiger partial charge in [-0.15, -0.1) is 0 Å². The van der Waals surface area contributed by atoms with Gasteiger partial charge in [-0.1, -0.05) is 0 Å². The molecule has 0 atom stereocenters. The molecule has 0 amide bonds. The maximum absolute atomic E-state index is 13.4. The van der Waals surface area contributed by atoms with Crippen LogP contribution in [0.25, 0.3) is 10.9 Å². The summed E-state index contributed by atoms with van der Waals surface area (Å²) in [5.74, 6) is -1.12. The van der Waals surface area contributed by atoms with Crippen molar-refractivity contribution in [2.75, 3.05) is 0 Å². The van der Waals surface area contributed by atoms with E-state index in [-0.39, 0.29) is 12.4 Å². The van der Waals surface area contributed by atoms with Crippen molar-refractivity contribution >= 4 is 16.9 Å². The Morgan fingerprint density at radius 3 is 2.89 bits per heavy atom. The molecular formula is C14H14FNO2. The number of carboxylic acid groups (broad SMARTS) is 1. The van der Waals surface area contributed by atoms with Crippen LogP contribution in [-0.2, 0) is 24.2 Å². The molecule has 1 N–H and O–H groups in total. The maximum atomic E-state index is 13.4. The van der Waals surface area contributed by atoms with E-state index in [9.17, 15) is 9.18 Å². The van der Waals surface area contributed by atoms with Crippen LogP contribution in [0.3, 0.4) is 0 Å². The minimum atomic E-state index is -0.857. The van der Waals surface area contributed by atoms with Gasteiger partial charge in [0.1, 0.15) is 12.4 Å². The topological polar surface area (TPSA) is 42.2 Å². The van der Waals surface area contributed by atoms with E-state index in [1.54, 1.807) is 6.07 Å². The first-order valence-corrected chi connectivity index (χ1v) is 6.18. The Hall–Kier alpha value is -1.84. The molecule has 3 rings (SSSR count). The van der Waals surface area contributed by atoms with Gasteiger partial charge in [-0.2, -0.15) is 0 Å². The molecule has 0 bridgehead atoms. The van der Waals surface area contributed by atoms with Gasteiger partial charge in [0.2, 0.25) is 0 Å². The number of halogens is 1. The summed E-state index contributed by atoms with van der Waals surface area (Å²) in [6.07, 6.45) is 3.97. The average Bonchev–Trinajstić information content (AvgIpc) is 2.64. The fourth-order valence-corrected chi connectivity index (χ4v) is 2.92. The smallest absolute Gasteiger partial charge is 0.323 e. The third-order valence-corrected chi connectivity index (χ3v) is 3.63. The van der Waals surface area contributed by atoms with E-state index < -0.39 is 5.97 Å². The number of aliphatic carboxylic acids is 1. The van der Waals surface area contributed by atoms with Gasteiger partial charge in [0.15, 0.2) is 0 Å². The summed E-state index contributed by atoms with van der Waals surface area (Å²) in [6, 6.07) is 4.61. The fourth-order valence-electron chi connectivity index (χ4n) is 2.92. The highest BCUT2D eigenvalue weighted by Gasteiger charge is 2.21. The molecule has 0 unspecified atom stereocenters. The monoisotopic (exact) mass is 247 g/mol. The number of nitrogens with zero attached hydrogens (tertiary/aromatic N) is 1. The van der Waals surface area contributed by atoms with Gasteiger partial charge in [-0.25, -0.2) is 4.39 Å². The molecule has 1 heterocycles. The highest BCUT2D eigenvalue weighted by Crippen LogP contribution is 2.32. The van der Waals surface area contributed by atoms with Crippen LogP contribution in [0.4, 0.5) is 4.39 Å². The number of benzene rings is 1. The van der Waals surface area contributed by atoms with Crippen LogP contribution in [0.5, 0.6) is 0 Å². The summed E-state index contributed by atoms with van der Waals surface area (Å²) in [7, 11) is 0. The predicted molar refractivity (Wildman–Crippen MR) is 66.2 cm³/mol. The van der Waals surface area contributed by atoms with Gasteiger partial charge < -0.3 is 9.67 Å².